The van der Waals surface area contributed by atoms with Gasteiger partial charge in [0, 0.05) is 15.7 Å². The molecule has 0 saturated carbocycles. The fourth-order valence-electron chi connectivity index (χ4n) is 2.53. The van der Waals surface area contributed by atoms with E-state index in [1.165, 1.54) is 49.6 Å². The summed E-state index contributed by atoms with van der Waals surface area (Å²) in [6, 6.07) is 15.7. The number of anilines is 2. The first kappa shape index (κ1) is 22.2. The average molecular weight is 487 g/mol. The van der Waals surface area contributed by atoms with E-state index in [1.807, 2.05) is 0 Å². The number of para-hydroxylation sites is 2. The predicted octanol–water partition coefficient (Wildman–Crippen LogP) is 4.60. The van der Waals surface area contributed by atoms with Crippen LogP contribution in [0, 0.1) is 0 Å². The summed E-state index contributed by atoms with van der Waals surface area (Å²) in [5.41, 5.74) is 0.449. The zero-order chi connectivity index (χ0) is 21.9. The Morgan fingerprint density at radius 1 is 0.733 bits per heavy atom. The Hall–Kier alpha value is -2.46. The van der Waals surface area contributed by atoms with E-state index in [0.717, 1.165) is 0 Å². The van der Waals surface area contributed by atoms with Gasteiger partial charge in [-0.2, -0.15) is 0 Å². The maximum Gasteiger partial charge on any atom is 0.262 e. The summed E-state index contributed by atoms with van der Waals surface area (Å²) in [5, 5.41) is 0.346. The second kappa shape index (κ2) is 8.73. The molecule has 3 aromatic carbocycles. The highest BCUT2D eigenvalue weighted by Gasteiger charge is 2.19. The van der Waals surface area contributed by atoms with Gasteiger partial charge in [-0.15, -0.1) is 0 Å². The van der Waals surface area contributed by atoms with Crippen molar-refractivity contribution in [2.45, 2.75) is 9.79 Å². The highest BCUT2D eigenvalue weighted by Crippen LogP contribution is 2.27. The molecule has 158 valence electrons. The van der Waals surface area contributed by atoms with E-state index in [9.17, 15) is 16.8 Å². The Labute approximate surface area is 184 Å². The summed E-state index contributed by atoms with van der Waals surface area (Å²) in [4.78, 5) is -0.170. The van der Waals surface area contributed by atoms with E-state index < -0.39 is 20.0 Å². The fraction of sp³-hybridized carbons (Fsp3) is 0.0526. The molecule has 0 bridgehead atoms. The van der Waals surface area contributed by atoms with Crippen LogP contribution in [0.4, 0.5) is 11.4 Å². The second-order valence-electron chi connectivity index (χ2n) is 6.04. The average Bonchev–Trinajstić information content (AvgIpc) is 2.67. The predicted molar refractivity (Wildman–Crippen MR) is 118 cm³/mol. The molecule has 0 heterocycles. The first-order valence-electron chi connectivity index (χ1n) is 8.35. The van der Waals surface area contributed by atoms with Gasteiger partial charge in [-0.3, -0.25) is 9.44 Å². The largest absolute Gasteiger partial charge is 0.495 e. The maximum atomic E-state index is 12.6. The van der Waals surface area contributed by atoms with E-state index in [2.05, 4.69) is 9.44 Å². The summed E-state index contributed by atoms with van der Waals surface area (Å²) < 4.78 is 60.2. The summed E-state index contributed by atoms with van der Waals surface area (Å²) in [6.07, 6.45) is 0. The third kappa shape index (κ3) is 5.17. The number of ether oxygens (including phenoxy) is 1. The molecule has 0 unspecified atom stereocenters. The van der Waals surface area contributed by atoms with Crippen LogP contribution in [-0.4, -0.2) is 23.9 Å². The number of nitrogens with one attached hydrogen (secondary N) is 2. The number of hydrogen-bond donors (Lipinski definition) is 2. The van der Waals surface area contributed by atoms with Gasteiger partial charge in [0.15, 0.2) is 0 Å². The third-order valence-electron chi connectivity index (χ3n) is 3.91. The van der Waals surface area contributed by atoms with Crippen molar-refractivity contribution in [1.82, 2.24) is 0 Å². The number of rotatable bonds is 7. The molecular formula is C19H16Cl2N2O5S2. The Morgan fingerprint density at radius 2 is 1.30 bits per heavy atom. The van der Waals surface area contributed by atoms with E-state index in [1.54, 1.807) is 24.3 Å². The minimum atomic E-state index is -3.96. The van der Waals surface area contributed by atoms with Gasteiger partial charge >= 0.3 is 0 Å². The molecular weight excluding hydrogens is 471 g/mol. The van der Waals surface area contributed by atoms with Gasteiger partial charge in [0.1, 0.15) is 5.75 Å². The Balaban J connectivity index is 1.82. The second-order valence-corrected chi connectivity index (χ2v) is 10.3. The van der Waals surface area contributed by atoms with E-state index in [0.29, 0.717) is 5.75 Å². The SMILES string of the molecule is COc1ccccc1NS(=O)(=O)c1ccc(NS(=O)(=O)c2cc(Cl)cc(Cl)c2)cc1. The van der Waals surface area contributed by atoms with Crippen molar-refractivity contribution in [1.29, 1.82) is 0 Å². The number of methoxy groups -OCH3 is 1. The van der Waals surface area contributed by atoms with E-state index in [-0.39, 0.29) is 31.2 Å². The van der Waals surface area contributed by atoms with Gasteiger partial charge in [-0.25, -0.2) is 16.8 Å². The molecule has 0 radical (unpaired) electrons. The molecule has 0 aliphatic rings. The van der Waals surface area contributed by atoms with Gasteiger partial charge in [0.05, 0.1) is 22.6 Å². The molecule has 0 spiro atoms. The minimum Gasteiger partial charge on any atom is -0.495 e. The van der Waals surface area contributed by atoms with Crippen molar-refractivity contribution >= 4 is 54.6 Å². The minimum absolute atomic E-state index is 0.0536. The van der Waals surface area contributed by atoms with Crippen molar-refractivity contribution in [3.05, 3.63) is 76.8 Å². The van der Waals surface area contributed by atoms with Crippen LogP contribution in [0.5, 0.6) is 5.75 Å². The van der Waals surface area contributed by atoms with E-state index >= 15 is 0 Å². The van der Waals surface area contributed by atoms with Crippen molar-refractivity contribution in [3.63, 3.8) is 0 Å². The number of hydrogen-bond acceptors (Lipinski definition) is 5. The lowest BCUT2D eigenvalue weighted by Crippen LogP contribution is -2.15. The van der Waals surface area contributed by atoms with Crippen molar-refractivity contribution in [3.8, 4) is 5.75 Å². The number of benzene rings is 3. The molecule has 0 atom stereocenters. The van der Waals surface area contributed by atoms with Crippen LogP contribution < -0.4 is 14.2 Å². The topological polar surface area (TPSA) is 102 Å². The van der Waals surface area contributed by atoms with Crippen molar-refractivity contribution in [2.75, 3.05) is 16.6 Å². The first-order chi connectivity index (χ1) is 14.1. The molecule has 0 aliphatic heterocycles. The monoisotopic (exact) mass is 486 g/mol. The summed E-state index contributed by atoms with van der Waals surface area (Å²) in [5.74, 6) is 0.366. The van der Waals surface area contributed by atoms with Gasteiger partial charge in [-0.05, 0) is 54.6 Å². The molecule has 3 rings (SSSR count). The molecule has 0 aromatic heterocycles. The van der Waals surface area contributed by atoms with Crippen LogP contribution >= 0.6 is 23.2 Å². The molecule has 0 amide bonds. The Bertz CT molecular complexity index is 1260. The molecule has 30 heavy (non-hydrogen) atoms. The van der Waals surface area contributed by atoms with Crippen molar-refractivity contribution in [2.24, 2.45) is 0 Å². The molecule has 0 fully saturated rings. The van der Waals surface area contributed by atoms with Gasteiger partial charge in [0.2, 0.25) is 0 Å². The first-order valence-corrected chi connectivity index (χ1v) is 12.1. The van der Waals surface area contributed by atoms with Crippen LogP contribution in [-0.2, 0) is 20.0 Å². The lowest BCUT2D eigenvalue weighted by atomic mass is 10.3. The van der Waals surface area contributed by atoms with Crippen LogP contribution in [0.3, 0.4) is 0 Å². The van der Waals surface area contributed by atoms with Crippen LogP contribution in [0.1, 0.15) is 0 Å². The van der Waals surface area contributed by atoms with Gasteiger partial charge < -0.3 is 4.74 Å². The highest BCUT2D eigenvalue weighted by molar-refractivity contribution is 7.93. The lowest BCUT2D eigenvalue weighted by Gasteiger charge is -2.12. The number of halogens is 2. The third-order valence-corrected chi connectivity index (χ3v) is 7.09. The van der Waals surface area contributed by atoms with Gasteiger partial charge in [-0.1, -0.05) is 35.3 Å². The quantitative estimate of drug-likeness (QED) is 0.507. The zero-order valence-corrected chi connectivity index (χ0v) is 18.6. The summed E-state index contributed by atoms with van der Waals surface area (Å²) in [6.45, 7) is 0. The molecule has 0 aliphatic carbocycles. The molecule has 7 nitrogen and oxygen atoms in total. The van der Waals surface area contributed by atoms with Gasteiger partial charge in [0.25, 0.3) is 20.0 Å². The summed E-state index contributed by atoms with van der Waals surface area (Å²) in [7, 11) is -6.44. The van der Waals surface area contributed by atoms with Crippen LogP contribution in [0.2, 0.25) is 10.0 Å². The fourth-order valence-corrected chi connectivity index (χ4v) is 5.39. The zero-order valence-electron chi connectivity index (χ0n) is 15.5. The van der Waals surface area contributed by atoms with Crippen LogP contribution in [0.15, 0.2) is 76.5 Å². The summed E-state index contributed by atoms with van der Waals surface area (Å²) >= 11 is 11.7. The molecule has 0 saturated heterocycles. The van der Waals surface area contributed by atoms with Crippen molar-refractivity contribution < 1.29 is 21.6 Å². The highest BCUT2D eigenvalue weighted by atomic mass is 35.5. The van der Waals surface area contributed by atoms with Crippen LogP contribution in [0.25, 0.3) is 0 Å². The number of sulfonamides is 2. The van der Waals surface area contributed by atoms with E-state index in [4.69, 9.17) is 27.9 Å². The Morgan fingerprint density at radius 3 is 1.90 bits per heavy atom. The molecule has 11 heteroatoms. The molecule has 3 aromatic rings. The standard InChI is InChI=1S/C19H16Cl2N2O5S2/c1-28-19-5-3-2-4-18(19)23-29(24,25)16-8-6-15(7-9-16)22-30(26,27)17-11-13(20)10-14(21)12-17/h2-12,22-23H,1H3. The lowest BCUT2D eigenvalue weighted by molar-refractivity contribution is 0.417. The normalized spacial score (nSPS) is 11.7. The smallest absolute Gasteiger partial charge is 0.262 e. The Kier molecular flexibility index (Phi) is 6.47. The maximum absolute atomic E-state index is 12.6. The molecule has 2 N–H and O–H groups in total.